The summed E-state index contributed by atoms with van der Waals surface area (Å²) in [6.45, 7) is 1.70. The van der Waals surface area contributed by atoms with E-state index in [4.69, 9.17) is 4.74 Å². The zero-order valence-electron chi connectivity index (χ0n) is 12.9. The molecule has 0 radical (unpaired) electrons. The molecule has 0 aliphatic carbocycles. The molecule has 2 heterocycles. The van der Waals surface area contributed by atoms with Crippen LogP contribution in [0.5, 0.6) is 5.75 Å². The molecule has 0 aliphatic heterocycles. The second-order valence-electron chi connectivity index (χ2n) is 5.46. The number of imidazole rings is 1. The smallest absolute Gasteiger partial charge is 0.178 e. The summed E-state index contributed by atoms with van der Waals surface area (Å²) in [6.07, 6.45) is 2.74. The second kappa shape index (κ2) is 6.58. The normalized spacial score (nSPS) is 11.2. The molecule has 0 aliphatic rings. The molecule has 5 nitrogen and oxygen atoms in total. The molecular weight excluding hydrogens is 276 g/mol. The minimum absolute atomic E-state index is 0.688. The fourth-order valence-electron chi connectivity index (χ4n) is 2.32. The predicted molar refractivity (Wildman–Crippen MR) is 88.0 cm³/mol. The lowest BCUT2D eigenvalue weighted by molar-refractivity contribution is 0.282. The van der Waals surface area contributed by atoms with Gasteiger partial charge in [-0.05, 0) is 44.8 Å². The van der Waals surface area contributed by atoms with Gasteiger partial charge in [-0.2, -0.15) is 0 Å². The highest BCUT2D eigenvalue weighted by Gasteiger charge is 2.10. The molecule has 2 aromatic heterocycles. The molecule has 0 saturated carbocycles. The maximum absolute atomic E-state index is 5.93. The average Bonchev–Trinajstić information content (AvgIpc) is 2.95. The van der Waals surface area contributed by atoms with E-state index in [9.17, 15) is 0 Å². The van der Waals surface area contributed by atoms with Crippen LogP contribution in [0.15, 0.2) is 42.6 Å². The van der Waals surface area contributed by atoms with Gasteiger partial charge in [-0.1, -0.05) is 12.1 Å². The van der Waals surface area contributed by atoms with E-state index in [0.717, 1.165) is 41.3 Å². The van der Waals surface area contributed by atoms with Gasteiger partial charge in [-0.3, -0.25) is 0 Å². The van der Waals surface area contributed by atoms with E-state index in [1.54, 1.807) is 6.20 Å². The van der Waals surface area contributed by atoms with Crippen LogP contribution in [0.2, 0.25) is 0 Å². The van der Waals surface area contributed by atoms with Crippen molar-refractivity contribution < 1.29 is 4.74 Å². The summed E-state index contributed by atoms with van der Waals surface area (Å²) in [5.41, 5.74) is 2.62. The minimum Gasteiger partial charge on any atom is -0.493 e. The molecular formula is C17H20N4O. The molecule has 0 fully saturated rings. The number of ether oxygens (including phenoxy) is 1. The Morgan fingerprint density at radius 3 is 2.82 bits per heavy atom. The molecule has 0 saturated heterocycles. The van der Waals surface area contributed by atoms with Gasteiger partial charge in [0, 0.05) is 12.7 Å². The number of benzene rings is 1. The number of hydrogen-bond acceptors (Lipinski definition) is 4. The van der Waals surface area contributed by atoms with Gasteiger partial charge in [-0.15, -0.1) is 0 Å². The standard InChI is InChI=1S/C17H20N4O/c1-21(2)11-6-12-22-15-9-4-3-7-13(15)16-19-14-8-5-10-18-17(14)20-16/h3-5,7-10H,6,11-12H2,1-2H3,(H,18,19,20). The SMILES string of the molecule is CN(C)CCCOc1ccccc1-c1nc2ncccc2[nH]1. The third-order valence-corrected chi connectivity index (χ3v) is 3.41. The molecule has 1 aromatic carbocycles. The third kappa shape index (κ3) is 3.26. The molecule has 0 atom stereocenters. The molecule has 0 bridgehead atoms. The summed E-state index contributed by atoms with van der Waals surface area (Å²) in [7, 11) is 4.13. The van der Waals surface area contributed by atoms with Crippen LogP contribution in [0.1, 0.15) is 6.42 Å². The van der Waals surface area contributed by atoms with Crippen LogP contribution in [0.4, 0.5) is 0 Å². The zero-order valence-corrected chi connectivity index (χ0v) is 12.9. The summed E-state index contributed by atoms with van der Waals surface area (Å²) in [6, 6.07) is 11.8. The Morgan fingerprint density at radius 2 is 2.00 bits per heavy atom. The fraction of sp³-hybridized carbons (Fsp3) is 0.294. The predicted octanol–water partition coefficient (Wildman–Crippen LogP) is 2.96. The van der Waals surface area contributed by atoms with Gasteiger partial charge in [0.05, 0.1) is 17.7 Å². The number of pyridine rings is 1. The first kappa shape index (κ1) is 14.5. The lowest BCUT2D eigenvalue weighted by Crippen LogP contribution is -2.15. The van der Waals surface area contributed by atoms with Gasteiger partial charge in [0.1, 0.15) is 11.6 Å². The number of nitrogens with one attached hydrogen (secondary N) is 1. The number of aromatic amines is 1. The number of rotatable bonds is 6. The highest BCUT2D eigenvalue weighted by atomic mass is 16.5. The van der Waals surface area contributed by atoms with Crippen molar-refractivity contribution in [1.29, 1.82) is 0 Å². The van der Waals surface area contributed by atoms with Gasteiger partial charge in [0.2, 0.25) is 0 Å². The summed E-state index contributed by atoms with van der Waals surface area (Å²) >= 11 is 0. The van der Waals surface area contributed by atoms with Gasteiger partial charge < -0.3 is 14.6 Å². The third-order valence-electron chi connectivity index (χ3n) is 3.41. The van der Waals surface area contributed by atoms with Crippen LogP contribution in [0.25, 0.3) is 22.6 Å². The summed E-state index contributed by atoms with van der Waals surface area (Å²) in [5, 5.41) is 0. The first-order valence-corrected chi connectivity index (χ1v) is 7.42. The largest absolute Gasteiger partial charge is 0.493 e. The highest BCUT2D eigenvalue weighted by Crippen LogP contribution is 2.28. The average molecular weight is 296 g/mol. The van der Waals surface area contributed by atoms with Gasteiger partial charge >= 0.3 is 0 Å². The van der Waals surface area contributed by atoms with E-state index in [1.165, 1.54) is 0 Å². The van der Waals surface area contributed by atoms with E-state index in [1.807, 2.05) is 36.4 Å². The lowest BCUT2D eigenvalue weighted by Gasteiger charge is -2.12. The van der Waals surface area contributed by atoms with Crippen LogP contribution in [-0.2, 0) is 0 Å². The lowest BCUT2D eigenvalue weighted by atomic mass is 10.2. The van der Waals surface area contributed by atoms with Crippen molar-refractivity contribution in [3.05, 3.63) is 42.6 Å². The number of hydrogen-bond donors (Lipinski definition) is 1. The molecule has 3 rings (SSSR count). The zero-order chi connectivity index (χ0) is 15.4. The Kier molecular flexibility index (Phi) is 4.34. The minimum atomic E-state index is 0.688. The van der Waals surface area contributed by atoms with E-state index in [2.05, 4.69) is 33.9 Å². The van der Waals surface area contributed by atoms with E-state index < -0.39 is 0 Å². The maximum atomic E-state index is 5.93. The number of nitrogens with zero attached hydrogens (tertiary/aromatic N) is 3. The summed E-state index contributed by atoms with van der Waals surface area (Å²) < 4.78 is 5.93. The number of aromatic nitrogens is 3. The van der Waals surface area contributed by atoms with Crippen LogP contribution >= 0.6 is 0 Å². The van der Waals surface area contributed by atoms with Crippen molar-refractivity contribution in [3.8, 4) is 17.1 Å². The van der Waals surface area contributed by atoms with Gasteiger partial charge in [0.25, 0.3) is 0 Å². The maximum Gasteiger partial charge on any atom is 0.178 e. The first-order valence-electron chi connectivity index (χ1n) is 7.42. The Balaban J connectivity index is 1.81. The van der Waals surface area contributed by atoms with E-state index in [0.29, 0.717) is 6.61 Å². The summed E-state index contributed by atoms with van der Waals surface area (Å²) in [5.74, 6) is 1.64. The van der Waals surface area contributed by atoms with Crippen molar-refractivity contribution in [2.24, 2.45) is 0 Å². The summed E-state index contributed by atoms with van der Waals surface area (Å²) in [4.78, 5) is 14.3. The Labute approximate surface area is 130 Å². The topological polar surface area (TPSA) is 54.0 Å². The fourth-order valence-corrected chi connectivity index (χ4v) is 2.32. The van der Waals surface area contributed by atoms with Crippen molar-refractivity contribution in [1.82, 2.24) is 19.9 Å². The molecule has 0 spiro atoms. The molecule has 0 amide bonds. The highest BCUT2D eigenvalue weighted by molar-refractivity contribution is 5.77. The quantitative estimate of drug-likeness (QED) is 0.711. The first-order chi connectivity index (χ1) is 10.7. The Morgan fingerprint density at radius 1 is 1.14 bits per heavy atom. The van der Waals surface area contributed by atoms with Crippen LogP contribution in [-0.4, -0.2) is 47.1 Å². The Hall–Kier alpha value is -2.40. The van der Waals surface area contributed by atoms with E-state index in [-0.39, 0.29) is 0 Å². The molecule has 114 valence electrons. The van der Waals surface area contributed by atoms with Gasteiger partial charge in [-0.25, -0.2) is 9.97 Å². The van der Waals surface area contributed by atoms with Crippen LogP contribution in [0, 0.1) is 0 Å². The van der Waals surface area contributed by atoms with Crippen molar-refractivity contribution in [2.75, 3.05) is 27.2 Å². The monoisotopic (exact) mass is 296 g/mol. The van der Waals surface area contributed by atoms with Crippen molar-refractivity contribution in [3.63, 3.8) is 0 Å². The van der Waals surface area contributed by atoms with Crippen molar-refractivity contribution >= 4 is 11.2 Å². The number of para-hydroxylation sites is 1. The molecule has 1 N–H and O–H groups in total. The molecule has 3 aromatic rings. The number of H-pyrrole nitrogens is 1. The Bertz CT molecular complexity index is 718. The van der Waals surface area contributed by atoms with E-state index >= 15 is 0 Å². The number of fused-ring (bicyclic) bond motifs is 1. The molecule has 22 heavy (non-hydrogen) atoms. The van der Waals surface area contributed by atoms with Crippen LogP contribution < -0.4 is 4.74 Å². The molecule has 0 unspecified atom stereocenters. The van der Waals surface area contributed by atoms with Gasteiger partial charge in [0.15, 0.2) is 5.65 Å². The van der Waals surface area contributed by atoms with Crippen LogP contribution in [0.3, 0.4) is 0 Å². The molecule has 5 heteroatoms. The van der Waals surface area contributed by atoms with Crippen molar-refractivity contribution in [2.45, 2.75) is 6.42 Å². The second-order valence-corrected chi connectivity index (χ2v) is 5.46.